The number of piperidine rings is 3. The summed E-state index contributed by atoms with van der Waals surface area (Å²) in [4.78, 5) is 12.0. The van der Waals surface area contributed by atoms with E-state index in [2.05, 4.69) is 0 Å². The number of hydrogen-bond acceptors (Lipinski definition) is 2. The molecule has 84 valence electrons. The molecule has 4 aliphatic rings. The van der Waals surface area contributed by atoms with Gasteiger partial charge in [-0.05, 0) is 26.2 Å². The maximum absolute atomic E-state index is 12.0. The number of rotatable bonds is 1. The number of carbonyl (C=O) groups excluding carboxylic acids is 1. The normalized spacial score (nSPS) is 46.9. The Morgan fingerprint density at radius 2 is 1.60 bits per heavy atom. The van der Waals surface area contributed by atoms with Crippen molar-refractivity contribution in [3.05, 3.63) is 0 Å². The average Bonchev–Trinajstić information content (AvgIpc) is 2.15. The molecule has 0 aromatic heterocycles. The van der Waals surface area contributed by atoms with Gasteiger partial charge in [-0.3, -0.25) is 0 Å². The van der Waals surface area contributed by atoms with Crippen LogP contribution in [0.1, 0.15) is 26.2 Å². The van der Waals surface area contributed by atoms with Crippen molar-refractivity contribution >= 4 is 6.09 Å². The molecule has 3 aliphatic heterocycles. The average molecular weight is 210 g/mol. The molecule has 0 aromatic rings. The summed E-state index contributed by atoms with van der Waals surface area (Å²) in [6.07, 6.45) is 4.17. The van der Waals surface area contributed by atoms with E-state index in [-0.39, 0.29) is 6.09 Å². The Morgan fingerprint density at radius 3 is 2.00 bits per heavy atom. The van der Waals surface area contributed by atoms with Crippen molar-refractivity contribution in [2.24, 2.45) is 17.8 Å². The quantitative estimate of drug-likeness (QED) is 0.619. The SMILES string of the molecule is CCOC(=O)[N+]12CC3CC(CC(C3)C1)C2. The second kappa shape index (κ2) is 3.21. The summed E-state index contributed by atoms with van der Waals surface area (Å²) in [7, 11) is 0. The highest BCUT2D eigenvalue weighted by atomic mass is 16.6. The fraction of sp³-hybridized carbons (Fsp3) is 0.917. The summed E-state index contributed by atoms with van der Waals surface area (Å²) in [5.74, 6) is 2.42. The molecule has 3 heteroatoms. The molecule has 1 aliphatic carbocycles. The zero-order chi connectivity index (χ0) is 10.5. The Balaban J connectivity index is 1.83. The molecule has 0 spiro atoms. The minimum atomic E-state index is 0.0524. The van der Waals surface area contributed by atoms with Gasteiger partial charge in [0, 0.05) is 17.8 Å². The van der Waals surface area contributed by atoms with Crippen molar-refractivity contribution in [2.75, 3.05) is 26.2 Å². The number of quaternary nitrogens is 1. The van der Waals surface area contributed by atoms with Gasteiger partial charge in [0.25, 0.3) is 0 Å². The highest BCUT2D eigenvalue weighted by molar-refractivity contribution is 5.60. The second-order valence-corrected chi connectivity index (χ2v) is 5.70. The molecule has 0 unspecified atom stereocenters. The highest BCUT2D eigenvalue weighted by Crippen LogP contribution is 2.47. The highest BCUT2D eigenvalue weighted by Gasteiger charge is 2.56. The Kier molecular flexibility index (Phi) is 2.06. The number of hydrogen-bond donors (Lipinski definition) is 0. The van der Waals surface area contributed by atoms with E-state index in [1.165, 1.54) is 19.3 Å². The lowest BCUT2D eigenvalue weighted by atomic mass is 9.67. The molecule has 4 fully saturated rings. The monoisotopic (exact) mass is 210 g/mol. The van der Waals surface area contributed by atoms with Crippen molar-refractivity contribution in [3.63, 3.8) is 0 Å². The van der Waals surface area contributed by atoms with Gasteiger partial charge < -0.3 is 4.74 Å². The van der Waals surface area contributed by atoms with Crippen LogP contribution in [0.4, 0.5) is 4.79 Å². The first-order valence-electron chi connectivity index (χ1n) is 6.25. The predicted octanol–water partition coefficient (Wildman–Crippen LogP) is 2.02. The van der Waals surface area contributed by atoms with Gasteiger partial charge in [0.15, 0.2) is 0 Å². The molecule has 0 aromatic carbocycles. The Morgan fingerprint density at radius 1 is 1.13 bits per heavy atom. The fourth-order valence-corrected chi connectivity index (χ4v) is 4.34. The van der Waals surface area contributed by atoms with E-state index in [0.29, 0.717) is 11.1 Å². The van der Waals surface area contributed by atoms with E-state index < -0.39 is 0 Å². The molecule has 0 N–H and O–H groups in total. The van der Waals surface area contributed by atoms with Gasteiger partial charge in [0.2, 0.25) is 0 Å². The summed E-state index contributed by atoms with van der Waals surface area (Å²) in [5.41, 5.74) is 0. The summed E-state index contributed by atoms with van der Waals surface area (Å²) >= 11 is 0. The van der Waals surface area contributed by atoms with Crippen LogP contribution in [0.2, 0.25) is 0 Å². The van der Waals surface area contributed by atoms with Gasteiger partial charge in [-0.2, -0.15) is 4.79 Å². The summed E-state index contributed by atoms with van der Waals surface area (Å²) < 4.78 is 5.92. The van der Waals surface area contributed by atoms with Crippen molar-refractivity contribution in [2.45, 2.75) is 26.2 Å². The van der Waals surface area contributed by atoms with Crippen LogP contribution in [-0.4, -0.2) is 36.8 Å². The maximum atomic E-state index is 12.0. The number of ether oxygens (including phenoxy) is 1. The lowest BCUT2D eigenvalue weighted by Gasteiger charge is -2.54. The number of carbonyl (C=O) groups is 1. The zero-order valence-electron chi connectivity index (χ0n) is 9.45. The fourth-order valence-electron chi connectivity index (χ4n) is 4.34. The van der Waals surface area contributed by atoms with Gasteiger partial charge in [-0.1, -0.05) is 0 Å². The molecular weight excluding hydrogens is 190 g/mol. The van der Waals surface area contributed by atoms with E-state index in [1.807, 2.05) is 6.92 Å². The van der Waals surface area contributed by atoms with E-state index >= 15 is 0 Å². The van der Waals surface area contributed by atoms with Gasteiger partial charge in [0.1, 0.15) is 0 Å². The zero-order valence-corrected chi connectivity index (χ0v) is 9.45. The van der Waals surface area contributed by atoms with E-state index in [1.54, 1.807) is 0 Å². The molecule has 1 saturated carbocycles. The largest absolute Gasteiger partial charge is 0.516 e. The number of amides is 1. The first-order valence-corrected chi connectivity index (χ1v) is 6.25. The van der Waals surface area contributed by atoms with Crippen LogP contribution in [0.3, 0.4) is 0 Å². The third-order valence-electron chi connectivity index (χ3n) is 4.48. The second-order valence-electron chi connectivity index (χ2n) is 5.70. The molecule has 3 heterocycles. The molecule has 1 amide bonds. The Hall–Kier alpha value is -0.570. The van der Waals surface area contributed by atoms with Gasteiger partial charge in [-0.15, -0.1) is 0 Å². The standard InChI is InChI=1S/C12H20NO2/c1-2-15-12(14)13-6-9-3-10(7-13)5-11(4-9)8-13/h9-11H,2-8H2,1H3/q+1. The van der Waals surface area contributed by atoms with E-state index in [0.717, 1.165) is 37.4 Å². The lowest BCUT2D eigenvalue weighted by Crippen LogP contribution is -2.68. The minimum Gasteiger partial charge on any atom is -0.420 e. The van der Waals surface area contributed by atoms with Crippen LogP contribution in [0.15, 0.2) is 0 Å². The minimum absolute atomic E-state index is 0.0524. The smallest absolute Gasteiger partial charge is 0.420 e. The summed E-state index contributed by atoms with van der Waals surface area (Å²) in [5, 5.41) is 0. The Bertz CT molecular complexity index is 252. The third kappa shape index (κ3) is 1.40. The van der Waals surface area contributed by atoms with Crippen LogP contribution in [0.25, 0.3) is 0 Å². The van der Waals surface area contributed by atoms with Crippen LogP contribution >= 0.6 is 0 Å². The van der Waals surface area contributed by atoms with Crippen LogP contribution in [0, 0.1) is 17.8 Å². The molecule has 0 atom stereocenters. The van der Waals surface area contributed by atoms with Crippen LogP contribution in [-0.2, 0) is 4.74 Å². The van der Waals surface area contributed by atoms with Gasteiger partial charge >= 0.3 is 6.09 Å². The molecule has 3 saturated heterocycles. The summed E-state index contributed by atoms with van der Waals surface area (Å²) in [6.45, 7) is 5.62. The topological polar surface area (TPSA) is 26.3 Å². The first-order chi connectivity index (χ1) is 7.22. The number of nitrogens with zero attached hydrogens (tertiary/aromatic N) is 1. The molecule has 4 bridgehead atoms. The molecule has 15 heavy (non-hydrogen) atoms. The predicted molar refractivity (Wildman–Crippen MR) is 56.2 cm³/mol. The van der Waals surface area contributed by atoms with Gasteiger partial charge in [-0.25, -0.2) is 4.48 Å². The van der Waals surface area contributed by atoms with Crippen molar-refractivity contribution in [3.8, 4) is 0 Å². The van der Waals surface area contributed by atoms with Crippen molar-refractivity contribution < 1.29 is 14.0 Å². The third-order valence-corrected chi connectivity index (χ3v) is 4.48. The summed E-state index contributed by atoms with van der Waals surface area (Å²) in [6, 6.07) is 0. The first kappa shape index (κ1) is 9.64. The molecule has 3 nitrogen and oxygen atoms in total. The van der Waals surface area contributed by atoms with E-state index in [9.17, 15) is 4.79 Å². The van der Waals surface area contributed by atoms with Crippen LogP contribution < -0.4 is 0 Å². The van der Waals surface area contributed by atoms with Crippen molar-refractivity contribution in [1.29, 1.82) is 0 Å². The molecular formula is C12H20NO2+. The lowest BCUT2D eigenvalue weighted by molar-refractivity contribution is -0.887. The Labute approximate surface area is 91.0 Å². The molecule has 0 radical (unpaired) electrons. The van der Waals surface area contributed by atoms with Gasteiger partial charge in [0.05, 0.1) is 26.2 Å². The molecule has 4 rings (SSSR count). The van der Waals surface area contributed by atoms with Crippen molar-refractivity contribution in [1.82, 2.24) is 0 Å². The maximum Gasteiger partial charge on any atom is 0.516 e. The van der Waals surface area contributed by atoms with Crippen LogP contribution in [0.5, 0.6) is 0 Å². The van der Waals surface area contributed by atoms with E-state index in [4.69, 9.17) is 4.74 Å².